The van der Waals surface area contributed by atoms with Gasteiger partial charge in [-0.15, -0.1) is 0 Å². The molecule has 0 radical (unpaired) electrons. The summed E-state index contributed by atoms with van der Waals surface area (Å²) in [6.45, 7) is 1.40. The van der Waals surface area contributed by atoms with Gasteiger partial charge in [0, 0.05) is 34.7 Å². The van der Waals surface area contributed by atoms with Crippen LogP contribution in [0.25, 0.3) is 27.7 Å². The minimum atomic E-state index is -0.283. The molecule has 3 heterocycles. The lowest BCUT2D eigenvalue weighted by Crippen LogP contribution is -2.23. The van der Waals surface area contributed by atoms with Gasteiger partial charge in [0.25, 0.3) is 0 Å². The first-order valence-electron chi connectivity index (χ1n) is 8.43. The summed E-state index contributed by atoms with van der Waals surface area (Å²) in [6.07, 6.45) is 7.11. The monoisotopic (exact) mass is 345 g/mol. The fourth-order valence-corrected chi connectivity index (χ4v) is 3.73. The molecular formula is C21H15NO4. The maximum absolute atomic E-state index is 12.4. The normalized spacial score (nSPS) is 18.7. The largest absolute Gasteiger partial charge is 0.472 e. The molecule has 128 valence electrons. The molecule has 0 bridgehead atoms. The summed E-state index contributed by atoms with van der Waals surface area (Å²) >= 11 is 0. The van der Waals surface area contributed by atoms with Crippen molar-refractivity contribution in [2.75, 3.05) is 0 Å². The van der Waals surface area contributed by atoms with Crippen molar-refractivity contribution in [3.05, 3.63) is 66.0 Å². The predicted molar refractivity (Wildman–Crippen MR) is 96.3 cm³/mol. The van der Waals surface area contributed by atoms with Gasteiger partial charge < -0.3 is 14.2 Å². The zero-order chi connectivity index (χ0) is 17.8. The lowest BCUT2D eigenvalue weighted by Gasteiger charge is -2.10. The minimum absolute atomic E-state index is 0.0532. The Labute approximate surface area is 149 Å². The molecule has 0 amide bonds. The summed E-state index contributed by atoms with van der Waals surface area (Å²) in [5, 5.41) is 4.24. The van der Waals surface area contributed by atoms with Crippen LogP contribution in [-0.4, -0.2) is 17.6 Å². The summed E-state index contributed by atoms with van der Waals surface area (Å²) in [5.74, 6) is 0.206. The molecule has 1 atom stereocenters. The summed E-state index contributed by atoms with van der Waals surface area (Å²) in [6, 6.07) is 7.92. The smallest absolute Gasteiger partial charge is 0.191 e. The molecule has 1 aliphatic heterocycles. The first kappa shape index (κ1) is 15.0. The topological polar surface area (TPSA) is 72.5 Å². The van der Waals surface area contributed by atoms with Gasteiger partial charge in [-0.25, -0.2) is 0 Å². The van der Waals surface area contributed by atoms with Gasteiger partial charge in [0.2, 0.25) is 0 Å². The van der Waals surface area contributed by atoms with E-state index >= 15 is 0 Å². The van der Waals surface area contributed by atoms with Crippen molar-refractivity contribution in [1.82, 2.24) is 5.32 Å². The summed E-state index contributed by atoms with van der Waals surface area (Å²) in [4.78, 5) is 24.0. The quantitative estimate of drug-likeness (QED) is 0.718. The lowest BCUT2D eigenvalue weighted by atomic mass is 10.0. The Balaban J connectivity index is 1.61. The van der Waals surface area contributed by atoms with Gasteiger partial charge in [0.15, 0.2) is 11.6 Å². The van der Waals surface area contributed by atoms with Crippen molar-refractivity contribution in [3.63, 3.8) is 0 Å². The third-order valence-electron chi connectivity index (χ3n) is 5.05. The van der Waals surface area contributed by atoms with Crippen LogP contribution < -0.4 is 5.32 Å². The summed E-state index contributed by atoms with van der Waals surface area (Å²) in [5.41, 5.74) is 4.85. The number of ketones is 2. The average molecular weight is 345 g/mol. The maximum Gasteiger partial charge on any atom is 0.191 e. The van der Waals surface area contributed by atoms with Crippen LogP contribution in [0.15, 0.2) is 63.5 Å². The van der Waals surface area contributed by atoms with Crippen molar-refractivity contribution in [2.45, 2.75) is 19.4 Å². The van der Waals surface area contributed by atoms with E-state index in [1.807, 2.05) is 24.3 Å². The molecule has 0 saturated heterocycles. The Morgan fingerprint density at radius 2 is 2.12 bits per heavy atom. The van der Waals surface area contributed by atoms with E-state index < -0.39 is 0 Å². The molecule has 5 nitrogen and oxygen atoms in total. The number of carbonyl (C=O) groups is 2. The molecule has 3 aromatic rings. The van der Waals surface area contributed by atoms with Gasteiger partial charge in [-0.05, 0) is 30.7 Å². The first-order valence-corrected chi connectivity index (χ1v) is 8.43. The van der Waals surface area contributed by atoms with Gasteiger partial charge in [0.1, 0.15) is 11.3 Å². The number of furan rings is 2. The Morgan fingerprint density at radius 1 is 1.23 bits per heavy atom. The Morgan fingerprint density at radius 3 is 2.88 bits per heavy atom. The Kier molecular flexibility index (Phi) is 3.06. The van der Waals surface area contributed by atoms with Gasteiger partial charge in [-0.1, -0.05) is 12.1 Å². The molecule has 0 spiro atoms. The van der Waals surface area contributed by atoms with E-state index in [-0.39, 0.29) is 23.2 Å². The van der Waals surface area contributed by atoms with Gasteiger partial charge in [0.05, 0.1) is 24.1 Å². The van der Waals surface area contributed by atoms with Crippen molar-refractivity contribution in [1.29, 1.82) is 0 Å². The van der Waals surface area contributed by atoms with Crippen LogP contribution >= 0.6 is 0 Å². The number of rotatable bonds is 2. The SMILES string of the molecule is CC(=O)C1=CNC2Cc3c(oc4cc(-c5ccoc5)ccc34)C2=CC1=O. The number of hydrogen-bond acceptors (Lipinski definition) is 5. The summed E-state index contributed by atoms with van der Waals surface area (Å²) < 4.78 is 11.3. The van der Waals surface area contributed by atoms with Crippen molar-refractivity contribution < 1.29 is 18.4 Å². The van der Waals surface area contributed by atoms with Gasteiger partial charge in [-0.2, -0.15) is 0 Å². The highest BCUT2D eigenvalue weighted by Gasteiger charge is 2.34. The number of hydrogen-bond donors (Lipinski definition) is 1. The third kappa shape index (κ3) is 2.10. The fraction of sp³-hybridized carbons (Fsp3) is 0.143. The van der Waals surface area contributed by atoms with E-state index in [2.05, 4.69) is 5.32 Å². The molecule has 1 aromatic carbocycles. The van der Waals surface area contributed by atoms with Crippen molar-refractivity contribution in [2.24, 2.45) is 0 Å². The number of carbonyl (C=O) groups excluding carboxylic acids is 2. The molecule has 0 fully saturated rings. The Hall–Kier alpha value is -3.34. The molecule has 1 aliphatic carbocycles. The zero-order valence-electron chi connectivity index (χ0n) is 14.0. The van der Waals surface area contributed by atoms with Crippen LogP contribution in [0, 0.1) is 0 Å². The number of allylic oxidation sites excluding steroid dienone is 2. The molecular weight excluding hydrogens is 330 g/mol. The number of nitrogens with one attached hydrogen (secondary N) is 1. The van der Waals surface area contributed by atoms with Crippen LogP contribution in [0.3, 0.4) is 0 Å². The van der Waals surface area contributed by atoms with Crippen molar-refractivity contribution in [3.8, 4) is 11.1 Å². The molecule has 2 aliphatic rings. The second-order valence-electron chi connectivity index (χ2n) is 6.63. The zero-order valence-corrected chi connectivity index (χ0v) is 14.0. The van der Waals surface area contributed by atoms with E-state index in [9.17, 15) is 9.59 Å². The van der Waals surface area contributed by atoms with E-state index in [1.165, 1.54) is 19.2 Å². The molecule has 1 unspecified atom stereocenters. The predicted octanol–water partition coefficient (Wildman–Crippen LogP) is 3.65. The minimum Gasteiger partial charge on any atom is -0.472 e. The van der Waals surface area contributed by atoms with E-state index in [4.69, 9.17) is 8.83 Å². The average Bonchev–Trinajstić information content (AvgIpc) is 3.29. The molecule has 5 rings (SSSR count). The fourth-order valence-electron chi connectivity index (χ4n) is 3.73. The molecule has 5 heteroatoms. The second-order valence-corrected chi connectivity index (χ2v) is 6.63. The first-order chi connectivity index (χ1) is 12.6. The molecule has 2 aromatic heterocycles. The molecule has 0 saturated carbocycles. The van der Waals surface area contributed by atoms with Crippen LogP contribution in [0.4, 0.5) is 0 Å². The highest BCUT2D eigenvalue weighted by atomic mass is 16.3. The van der Waals surface area contributed by atoms with Crippen LogP contribution in [-0.2, 0) is 16.0 Å². The lowest BCUT2D eigenvalue weighted by molar-refractivity contribution is -0.118. The Bertz CT molecular complexity index is 1130. The maximum atomic E-state index is 12.4. The molecule has 26 heavy (non-hydrogen) atoms. The highest BCUT2D eigenvalue weighted by molar-refractivity contribution is 6.25. The van der Waals surface area contributed by atoms with Crippen molar-refractivity contribution >= 4 is 28.1 Å². The van der Waals surface area contributed by atoms with E-state index in [1.54, 1.807) is 12.5 Å². The molecule has 1 N–H and O–H groups in total. The van der Waals surface area contributed by atoms with E-state index in [0.717, 1.165) is 39.0 Å². The summed E-state index contributed by atoms with van der Waals surface area (Å²) in [7, 11) is 0. The number of fused-ring (bicyclic) bond motifs is 5. The van der Waals surface area contributed by atoms with Crippen LogP contribution in [0.1, 0.15) is 18.2 Å². The third-order valence-corrected chi connectivity index (χ3v) is 5.05. The number of Topliss-reactive ketones (excluding diaryl/α,β-unsaturated/α-hetero) is 1. The van der Waals surface area contributed by atoms with E-state index in [0.29, 0.717) is 6.42 Å². The van der Waals surface area contributed by atoms with Crippen LogP contribution in [0.5, 0.6) is 0 Å². The highest BCUT2D eigenvalue weighted by Crippen LogP contribution is 2.41. The standard InChI is InChI=1S/C21H15NO4/c1-11(23)17-9-22-18-7-15-14-3-2-12(13-4-5-25-10-13)6-20(14)26-21(15)16(18)8-19(17)24/h2-6,8-10,18,22H,7H2,1H3. The van der Waals surface area contributed by atoms with Gasteiger partial charge >= 0.3 is 0 Å². The second kappa shape index (κ2) is 5.33. The number of benzene rings is 1. The van der Waals surface area contributed by atoms with Gasteiger partial charge in [-0.3, -0.25) is 9.59 Å². The van der Waals surface area contributed by atoms with Crippen LogP contribution in [0.2, 0.25) is 0 Å².